The number of aliphatic hydroxyl groups is 11. The minimum atomic E-state index is -1.98. The van der Waals surface area contributed by atoms with Crippen LogP contribution in [-0.4, -0.2) is 193 Å². The molecule has 19 heteroatoms. The molecule has 1 amide bonds. The molecule has 0 aliphatic carbocycles. The van der Waals surface area contributed by atoms with Gasteiger partial charge in [0.2, 0.25) is 5.91 Å². The summed E-state index contributed by atoms with van der Waals surface area (Å²) in [6.07, 6.45) is 21.1. The summed E-state index contributed by atoms with van der Waals surface area (Å²) in [6.45, 7) is 1.30. The number of unbranched alkanes of at least 4 members (excludes halogenated alkanes) is 24. The van der Waals surface area contributed by atoms with Crippen molar-refractivity contribution in [2.45, 2.75) is 304 Å². The number of allylic oxidation sites excluding steroid dienone is 5. The topological polar surface area (TPSA) is 307 Å². The van der Waals surface area contributed by atoms with Crippen LogP contribution in [-0.2, 0) is 33.2 Å². The van der Waals surface area contributed by atoms with Crippen molar-refractivity contribution < 1.29 is 89.4 Å². The van der Waals surface area contributed by atoms with Crippen molar-refractivity contribution in [3.63, 3.8) is 0 Å². The van der Waals surface area contributed by atoms with Crippen molar-refractivity contribution in [3.8, 4) is 0 Å². The van der Waals surface area contributed by atoms with Crippen molar-refractivity contribution in [2.75, 3.05) is 26.4 Å². The van der Waals surface area contributed by atoms with Crippen molar-refractivity contribution in [3.05, 3.63) is 36.5 Å². The van der Waals surface area contributed by atoms with Gasteiger partial charge in [-0.1, -0.05) is 185 Å². The average Bonchev–Trinajstić information content (AvgIpc) is 3.46. The minimum absolute atomic E-state index is 0.182. The Morgan fingerprint density at radius 2 is 0.821 bits per heavy atom. The largest absolute Gasteiger partial charge is 0.394 e. The molecule has 3 fully saturated rings. The molecule has 3 saturated heterocycles. The Morgan fingerprint density at radius 3 is 1.26 bits per heavy atom. The first-order chi connectivity index (χ1) is 37.8. The summed E-state index contributed by atoms with van der Waals surface area (Å²) in [6, 6.07) is -0.989. The average molecular weight is 1120 g/mol. The van der Waals surface area contributed by atoms with Crippen molar-refractivity contribution in [2.24, 2.45) is 0 Å². The Morgan fingerprint density at radius 1 is 0.449 bits per heavy atom. The van der Waals surface area contributed by atoms with Gasteiger partial charge in [0, 0.05) is 6.42 Å². The third kappa shape index (κ3) is 26.5. The first-order valence-corrected chi connectivity index (χ1v) is 30.2. The van der Waals surface area contributed by atoms with Crippen molar-refractivity contribution in [1.82, 2.24) is 5.32 Å². The number of ether oxygens (including phenoxy) is 6. The molecule has 19 nitrogen and oxygen atoms in total. The van der Waals surface area contributed by atoms with Gasteiger partial charge < -0.3 is 89.9 Å². The van der Waals surface area contributed by atoms with Crippen LogP contribution in [0.1, 0.15) is 200 Å². The molecule has 0 bridgehead atoms. The van der Waals surface area contributed by atoms with Crippen LogP contribution in [0.2, 0.25) is 0 Å². The molecule has 78 heavy (non-hydrogen) atoms. The van der Waals surface area contributed by atoms with E-state index in [1.165, 1.54) is 141 Å². The number of carbonyl (C=O) groups excluding carboxylic acids is 1. The third-order valence-corrected chi connectivity index (χ3v) is 15.1. The fraction of sp³-hybridized carbons (Fsp3) is 0.881. The second kappa shape index (κ2) is 42.8. The third-order valence-electron chi connectivity index (χ3n) is 15.1. The van der Waals surface area contributed by atoms with Crippen molar-refractivity contribution >= 4 is 5.91 Å². The summed E-state index contributed by atoms with van der Waals surface area (Å²) in [7, 11) is 0. The molecule has 3 aliphatic heterocycles. The lowest BCUT2D eigenvalue weighted by Gasteiger charge is -2.48. The Balaban J connectivity index is 1.29. The molecular weight excluding hydrogens is 1010 g/mol. The predicted octanol–water partition coefficient (Wildman–Crippen LogP) is 5.32. The van der Waals surface area contributed by atoms with Gasteiger partial charge in [0.25, 0.3) is 0 Å². The second-order valence-corrected chi connectivity index (χ2v) is 21.8. The van der Waals surface area contributed by atoms with Gasteiger partial charge in [-0.2, -0.15) is 0 Å². The molecule has 0 saturated carbocycles. The van der Waals surface area contributed by atoms with E-state index in [0.717, 1.165) is 25.7 Å². The number of rotatable bonds is 44. The van der Waals surface area contributed by atoms with E-state index in [-0.39, 0.29) is 18.9 Å². The fourth-order valence-electron chi connectivity index (χ4n) is 10.2. The highest BCUT2D eigenvalue weighted by molar-refractivity contribution is 5.76. The zero-order valence-electron chi connectivity index (χ0n) is 47.4. The number of aliphatic hydroxyl groups excluding tert-OH is 11. The summed E-state index contributed by atoms with van der Waals surface area (Å²) >= 11 is 0. The van der Waals surface area contributed by atoms with Crippen LogP contribution >= 0.6 is 0 Å². The Kier molecular flexibility index (Phi) is 38.5. The van der Waals surface area contributed by atoms with E-state index in [4.69, 9.17) is 28.4 Å². The highest BCUT2D eigenvalue weighted by atomic mass is 16.8. The molecule has 456 valence electrons. The smallest absolute Gasteiger partial charge is 0.220 e. The van der Waals surface area contributed by atoms with Crippen LogP contribution in [0, 0.1) is 0 Å². The molecule has 0 aromatic carbocycles. The van der Waals surface area contributed by atoms with E-state index in [1.54, 1.807) is 12.2 Å². The zero-order chi connectivity index (χ0) is 56.9. The van der Waals surface area contributed by atoms with Gasteiger partial charge in [-0.05, 0) is 44.9 Å². The SMILES string of the molecule is CCCCCCCCCCCCCCCCCCCCCCCC/C=C/CC/C=C/CC/C=C/C(O)C(COC1OC(CO)C(OC2OC(CO)C(OC3OC(CO)C(O)C(O)C3O)C(O)C2O)C(O)C1O)NC(=O)CCC. The summed E-state index contributed by atoms with van der Waals surface area (Å²) in [5, 5.41) is 119. The normalized spacial score (nSPS) is 30.7. The number of hydrogen-bond acceptors (Lipinski definition) is 18. The monoisotopic (exact) mass is 1120 g/mol. The van der Waals surface area contributed by atoms with E-state index >= 15 is 0 Å². The molecule has 3 aliphatic rings. The lowest BCUT2D eigenvalue weighted by atomic mass is 9.96. The summed E-state index contributed by atoms with van der Waals surface area (Å²) < 4.78 is 33.8. The summed E-state index contributed by atoms with van der Waals surface area (Å²) in [5.74, 6) is -0.344. The highest BCUT2D eigenvalue weighted by Gasteiger charge is 2.53. The van der Waals surface area contributed by atoms with Crippen LogP contribution in [0.25, 0.3) is 0 Å². The van der Waals surface area contributed by atoms with E-state index in [2.05, 4.69) is 36.5 Å². The van der Waals surface area contributed by atoms with Gasteiger partial charge in [0.05, 0.1) is 38.6 Å². The van der Waals surface area contributed by atoms with E-state index < -0.39 is 124 Å². The Bertz CT molecular complexity index is 1570. The molecule has 3 heterocycles. The zero-order valence-corrected chi connectivity index (χ0v) is 47.4. The summed E-state index contributed by atoms with van der Waals surface area (Å²) in [5.41, 5.74) is 0. The Hall–Kier alpha value is -1.99. The molecule has 17 unspecified atom stereocenters. The number of nitrogens with one attached hydrogen (secondary N) is 1. The maximum absolute atomic E-state index is 12.6. The first-order valence-electron chi connectivity index (χ1n) is 30.2. The minimum Gasteiger partial charge on any atom is -0.394 e. The lowest BCUT2D eigenvalue weighted by molar-refractivity contribution is -0.379. The van der Waals surface area contributed by atoms with Gasteiger partial charge in [0.15, 0.2) is 18.9 Å². The van der Waals surface area contributed by atoms with E-state index in [0.29, 0.717) is 12.8 Å². The molecule has 0 aromatic rings. The van der Waals surface area contributed by atoms with Crippen LogP contribution in [0.3, 0.4) is 0 Å². The predicted molar refractivity (Wildman–Crippen MR) is 296 cm³/mol. The highest BCUT2D eigenvalue weighted by Crippen LogP contribution is 2.33. The van der Waals surface area contributed by atoms with Gasteiger partial charge in [0.1, 0.15) is 73.2 Å². The molecule has 17 atom stereocenters. The van der Waals surface area contributed by atoms with E-state index in [9.17, 15) is 61.0 Å². The molecule has 3 rings (SSSR count). The number of amides is 1. The maximum atomic E-state index is 12.6. The van der Waals surface area contributed by atoms with Crippen LogP contribution in [0.4, 0.5) is 0 Å². The van der Waals surface area contributed by atoms with Crippen LogP contribution in [0.15, 0.2) is 36.5 Å². The first kappa shape index (κ1) is 70.3. The summed E-state index contributed by atoms with van der Waals surface area (Å²) in [4.78, 5) is 12.6. The fourth-order valence-corrected chi connectivity index (χ4v) is 10.2. The van der Waals surface area contributed by atoms with Gasteiger partial charge in [-0.3, -0.25) is 4.79 Å². The number of hydrogen-bond donors (Lipinski definition) is 12. The van der Waals surface area contributed by atoms with Gasteiger partial charge in [-0.15, -0.1) is 0 Å². The lowest BCUT2D eigenvalue weighted by Crippen LogP contribution is -2.66. The van der Waals surface area contributed by atoms with Gasteiger partial charge >= 0.3 is 0 Å². The Labute approximate surface area is 466 Å². The van der Waals surface area contributed by atoms with Crippen LogP contribution < -0.4 is 5.32 Å². The van der Waals surface area contributed by atoms with Crippen LogP contribution in [0.5, 0.6) is 0 Å². The molecule has 0 aromatic heterocycles. The second-order valence-electron chi connectivity index (χ2n) is 21.8. The quantitative estimate of drug-likeness (QED) is 0.0271. The van der Waals surface area contributed by atoms with E-state index in [1.807, 2.05) is 6.92 Å². The standard InChI is InChI=1S/C59H107NO18/c1-3-5-6-7-8-9-10-11-12-13-14-15-16-17-18-19-20-21-22-23-24-25-26-27-28-29-30-31-32-33-34-35-37-43(64)42(60-47(65)36-4-2)41-73-57-53(71)50(68)55(45(39-62)75-57)78-59-54(72)51(69)56(46(40-63)76-59)77-58-52(70)49(67)48(66)44(38-61)74-58/h27-28,31-32,35,37,42-46,48-59,61-64,66-72H,3-26,29-30,33-34,36,38-41H2,1-2H3,(H,60,65)/b28-27+,32-31+,37-35+. The number of carbonyl (C=O) groups is 1. The van der Waals surface area contributed by atoms with Gasteiger partial charge in [-0.25, -0.2) is 0 Å². The molecule has 0 radical (unpaired) electrons. The molecule has 0 spiro atoms. The molecule has 12 N–H and O–H groups in total. The maximum Gasteiger partial charge on any atom is 0.220 e. The molecular formula is C59H107NO18. The van der Waals surface area contributed by atoms with Crippen molar-refractivity contribution in [1.29, 1.82) is 0 Å².